The maximum atomic E-state index is 4.54. The molecular formula is C16H20N8S. The maximum Gasteiger partial charge on any atom is 0.229 e. The van der Waals surface area contributed by atoms with Crippen molar-refractivity contribution in [3.63, 3.8) is 0 Å². The number of rotatable bonds is 6. The van der Waals surface area contributed by atoms with Crippen LogP contribution in [0.15, 0.2) is 40.6 Å². The second kappa shape index (κ2) is 7.56. The molecular weight excluding hydrogens is 336 g/mol. The van der Waals surface area contributed by atoms with E-state index in [-0.39, 0.29) is 5.92 Å². The molecule has 2 aromatic heterocycles. The van der Waals surface area contributed by atoms with Gasteiger partial charge in [-0.2, -0.15) is 9.97 Å². The van der Waals surface area contributed by atoms with Crippen LogP contribution in [0.25, 0.3) is 0 Å². The molecule has 0 amide bonds. The maximum absolute atomic E-state index is 4.54. The van der Waals surface area contributed by atoms with Gasteiger partial charge in [0.2, 0.25) is 16.3 Å². The first kappa shape index (κ1) is 17.3. The summed E-state index contributed by atoms with van der Waals surface area (Å²) < 4.78 is 1.74. The standard InChI is InChI=1S/C16H20N8S/c1-11(2)13-17-14(23(3)4)19-15(18-13)25-16-20-21-22-24(16)10-12-8-6-5-7-9-12/h5-9,11H,10H2,1-4H3. The number of benzene rings is 1. The summed E-state index contributed by atoms with van der Waals surface area (Å²) in [6, 6.07) is 10.1. The van der Waals surface area contributed by atoms with Crippen molar-refractivity contribution in [1.29, 1.82) is 0 Å². The molecule has 0 aliphatic rings. The molecule has 3 rings (SSSR count). The summed E-state index contributed by atoms with van der Waals surface area (Å²) in [4.78, 5) is 15.4. The quantitative estimate of drug-likeness (QED) is 0.665. The van der Waals surface area contributed by atoms with Crippen LogP contribution in [0.2, 0.25) is 0 Å². The van der Waals surface area contributed by atoms with Crippen molar-refractivity contribution in [3.05, 3.63) is 41.7 Å². The SMILES string of the molecule is CC(C)c1nc(Sc2nnnn2Cc2ccccc2)nc(N(C)C)n1. The monoisotopic (exact) mass is 356 g/mol. The molecule has 130 valence electrons. The van der Waals surface area contributed by atoms with E-state index >= 15 is 0 Å². The van der Waals surface area contributed by atoms with E-state index in [1.165, 1.54) is 11.8 Å². The van der Waals surface area contributed by atoms with Crippen LogP contribution in [0.3, 0.4) is 0 Å². The first-order valence-corrected chi connectivity index (χ1v) is 8.76. The highest BCUT2D eigenvalue weighted by molar-refractivity contribution is 7.99. The average molecular weight is 356 g/mol. The van der Waals surface area contributed by atoms with Crippen molar-refractivity contribution in [1.82, 2.24) is 35.2 Å². The molecule has 0 N–H and O–H groups in total. The van der Waals surface area contributed by atoms with Crippen LogP contribution in [0.4, 0.5) is 5.95 Å². The predicted molar refractivity (Wildman–Crippen MR) is 95.7 cm³/mol. The summed E-state index contributed by atoms with van der Waals surface area (Å²) in [5.41, 5.74) is 1.13. The molecule has 1 aromatic carbocycles. The molecule has 0 saturated carbocycles. The minimum atomic E-state index is 0.210. The Morgan fingerprint density at radius 2 is 1.84 bits per heavy atom. The minimum absolute atomic E-state index is 0.210. The summed E-state index contributed by atoms with van der Waals surface area (Å²) in [7, 11) is 3.82. The van der Waals surface area contributed by atoms with Crippen LogP contribution in [-0.4, -0.2) is 49.3 Å². The number of tetrazole rings is 1. The Kier molecular flexibility index (Phi) is 5.22. The average Bonchev–Trinajstić information content (AvgIpc) is 3.02. The smallest absolute Gasteiger partial charge is 0.229 e. The largest absolute Gasteiger partial charge is 0.347 e. The molecule has 0 bridgehead atoms. The summed E-state index contributed by atoms with van der Waals surface area (Å²) >= 11 is 1.34. The van der Waals surface area contributed by atoms with Crippen molar-refractivity contribution in [2.75, 3.05) is 19.0 Å². The molecule has 0 radical (unpaired) electrons. The lowest BCUT2D eigenvalue weighted by Gasteiger charge is -2.13. The van der Waals surface area contributed by atoms with Crippen LogP contribution in [0.5, 0.6) is 0 Å². The number of hydrogen-bond donors (Lipinski definition) is 0. The first-order valence-electron chi connectivity index (χ1n) is 7.94. The Bertz CT molecular complexity index is 805. The molecule has 8 nitrogen and oxygen atoms in total. The molecule has 25 heavy (non-hydrogen) atoms. The van der Waals surface area contributed by atoms with E-state index < -0.39 is 0 Å². The molecule has 0 fully saturated rings. The van der Waals surface area contributed by atoms with Gasteiger partial charge in [-0.1, -0.05) is 44.2 Å². The van der Waals surface area contributed by atoms with Crippen molar-refractivity contribution in [3.8, 4) is 0 Å². The van der Waals surface area contributed by atoms with Gasteiger partial charge < -0.3 is 4.90 Å². The fourth-order valence-electron chi connectivity index (χ4n) is 2.07. The molecule has 2 heterocycles. The first-order chi connectivity index (χ1) is 12.0. The van der Waals surface area contributed by atoms with Crippen LogP contribution in [-0.2, 0) is 6.54 Å². The van der Waals surface area contributed by atoms with Crippen LogP contribution in [0.1, 0.15) is 31.2 Å². The van der Waals surface area contributed by atoms with Crippen molar-refractivity contribution < 1.29 is 0 Å². The van der Waals surface area contributed by atoms with E-state index in [2.05, 4.69) is 44.3 Å². The van der Waals surface area contributed by atoms with Crippen molar-refractivity contribution in [2.24, 2.45) is 0 Å². The zero-order valence-corrected chi connectivity index (χ0v) is 15.5. The third-order valence-corrected chi connectivity index (χ3v) is 4.23. The molecule has 0 atom stereocenters. The van der Waals surface area contributed by atoms with E-state index in [1.807, 2.05) is 49.3 Å². The van der Waals surface area contributed by atoms with Crippen LogP contribution in [0, 0.1) is 0 Å². The Labute approximate surface area is 150 Å². The van der Waals surface area contributed by atoms with Crippen molar-refractivity contribution >= 4 is 17.7 Å². The summed E-state index contributed by atoms with van der Waals surface area (Å²) in [5.74, 6) is 1.59. The Balaban J connectivity index is 1.87. The molecule has 9 heteroatoms. The van der Waals surface area contributed by atoms with Crippen molar-refractivity contribution in [2.45, 2.75) is 36.6 Å². The van der Waals surface area contributed by atoms with Crippen LogP contribution < -0.4 is 4.90 Å². The predicted octanol–water partition coefficient (Wildman–Crippen LogP) is 2.25. The van der Waals surface area contributed by atoms with Gasteiger partial charge in [0.05, 0.1) is 6.54 Å². The summed E-state index contributed by atoms with van der Waals surface area (Å²) in [6.45, 7) is 4.71. The van der Waals surface area contributed by atoms with Gasteiger partial charge in [-0.3, -0.25) is 0 Å². The lowest BCUT2D eigenvalue weighted by atomic mass is 10.2. The molecule has 0 aliphatic heterocycles. The third kappa shape index (κ3) is 4.30. The van der Waals surface area contributed by atoms with Gasteiger partial charge in [0.15, 0.2) is 0 Å². The number of hydrogen-bond acceptors (Lipinski definition) is 8. The van der Waals surface area contributed by atoms with E-state index in [0.717, 1.165) is 11.4 Å². The number of nitrogens with zero attached hydrogens (tertiary/aromatic N) is 8. The highest BCUT2D eigenvalue weighted by atomic mass is 32.2. The molecule has 0 unspecified atom stereocenters. The summed E-state index contributed by atoms with van der Waals surface area (Å²) in [6.07, 6.45) is 0. The number of aromatic nitrogens is 7. The van der Waals surface area contributed by atoms with E-state index in [1.54, 1.807) is 4.68 Å². The fraction of sp³-hybridized carbons (Fsp3) is 0.375. The fourth-order valence-corrected chi connectivity index (χ4v) is 2.79. The van der Waals surface area contributed by atoms with Gasteiger partial charge >= 0.3 is 0 Å². The highest BCUT2D eigenvalue weighted by Gasteiger charge is 2.15. The molecule has 3 aromatic rings. The van der Waals surface area contributed by atoms with Gasteiger partial charge in [0, 0.05) is 20.0 Å². The van der Waals surface area contributed by atoms with Crippen LogP contribution >= 0.6 is 11.8 Å². The second-order valence-electron chi connectivity index (χ2n) is 6.03. The van der Waals surface area contributed by atoms with E-state index in [0.29, 0.717) is 22.8 Å². The van der Waals surface area contributed by atoms with Gasteiger partial charge in [-0.15, -0.1) is 5.10 Å². The molecule has 0 saturated heterocycles. The Morgan fingerprint density at radius 3 is 2.52 bits per heavy atom. The second-order valence-corrected chi connectivity index (χ2v) is 6.97. The van der Waals surface area contributed by atoms with Gasteiger partial charge in [0.25, 0.3) is 0 Å². The minimum Gasteiger partial charge on any atom is -0.347 e. The zero-order chi connectivity index (χ0) is 17.8. The third-order valence-electron chi connectivity index (χ3n) is 3.39. The molecule has 0 aliphatic carbocycles. The Hall–Kier alpha value is -2.55. The van der Waals surface area contributed by atoms with Gasteiger partial charge in [-0.05, 0) is 27.8 Å². The van der Waals surface area contributed by atoms with E-state index in [4.69, 9.17) is 0 Å². The van der Waals surface area contributed by atoms with Gasteiger partial charge in [0.1, 0.15) is 5.82 Å². The topological polar surface area (TPSA) is 85.5 Å². The molecule has 0 spiro atoms. The lowest BCUT2D eigenvalue weighted by Crippen LogP contribution is -2.16. The highest BCUT2D eigenvalue weighted by Crippen LogP contribution is 2.25. The van der Waals surface area contributed by atoms with E-state index in [9.17, 15) is 0 Å². The lowest BCUT2D eigenvalue weighted by molar-refractivity contribution is 0.601. The van der Waals surface area contributed by atoms with Gasteiger partial charge in [-0.25, -0.2) is 9.67 Å². The summed E-state index contributed by atoms with van der Waals surface area (Å²) in [5, 5.41) is 13.2. The Morgan fingerprint density at radius 1 is 1.08 bits per heavy atom. The number of anilines is 1. The zero-order valence-electron chi connectivity index (χ0n) is 14.7. The normalized spacial score (nSPS) is 11.1.